The molecule has 0 spiro atoms. The number of ether oxygens (including phenoxy) is 3. The molecule has 0 aliphatic rings. The molecular weight excluding hydrogens is 436 g/mol. The van der Waals surface area contributed by atoms with E-state index in [1.807, 2.05) is 37.3 Å². The Labute approximate surface area is 201 Å². The first-order valence-corrected chi connectivity index (χ1v) is 11.3. The van der Waals surface area contributed by atoms with Crippen LogP contribution in [0.4, 0.5) is 0 Å². The number of amides is 2. The molecule has 0 bridgehead atoms. The Hall–Kier alpha value is -3.55. The lowest BCUT2D eigenvalue weighted by atomic mass is 10.0. The van der Waals surface area contributed by atoms with E-state index in [4.69, 9.17) is 14.2 Å². The average Bonchev–Trinajstić information content (AvgIpc) is 2.85. The largest absolute Gasteiger partial charge is 0.497 e. The normalized spacial score (nSPS) is 12.4. The molecule has 0 aliphatic carbocycles. The molecule has 8 heteroatoms. The SMILES string of the molecule is CCCC(NC(=O)COC(=O)C(NC(=O)c1cc(OC)cc(OC)c1)C(C)C)c1ccccc1. The predicted molar refractivity (Wildman–Crippen MR) is 129 cm³/mol. The molecule has 0 saturated heterocycles. The molecule has 0 heterocycles. The van der Waals surface area contributed by atoms with Crippen LogP contribution in [0.1, 0.15) is 55.6 Å². The highest BCUT2D eigenvalue weighted by molar-refractivity contribution is 5.97. The number of nitrogens with one attached hydrogen (secondary N) is 2. The van der Waals surface area contributed by atoms with Gasteiger partial charge in [-0.1, -0.05) is 57.5 Å². The van der Waals surface area contributed by atoms with E-state index in [1.165, 1.54) is 14.2 Å². The quantitative estimate of drug-likeness (QED) is 0.459. The van der Waals surface area contributed by atoms with Crippen LogP contribution in [0, 0.1) is 5.92 Å². The van der Waals surface area contributed by atoms with Crippen molar-refractivity contribution in [2.75, 3.05) is 20.8 Å². The van der Waals surface area contributed by atoms with Gasteiger partial charge >= 0.3 is 5.97 Å². The summed E-state index contributed by atoms with van der Waals surface area (Å²) in [6, 6.07) is 13.3. The summed E-state index contributed by atoms with van der Waals surface area (Å²) in [6.07, 6.45) is 1.65. The van der Waals surface area contributed by atoms with Crippen molar-refractivity contribution >= 4 is 17.8 Å². The second-order valence-corrected chi connectivity index (χ2v) is 8.22. The van der Waals surface area contributed by atoms with Crippen molar-refractivity contribution in [3.63, 3.8) is 0 Å². The van der Waals surface area contributed by atoms with Gasteiger partial charge in [-0.05, 0) is 30.0 Å². The van der Waals surface area contributed by atoms with E-state index in [9.17, 15) is 14.4 Å². The monoisotopic (exact) mass is 470 g/mol. The smallest absolute Gasteiger partial charge is 0.329 e. The Kier molecular flexibility index (Phi) is 10.4. The minimum Gasteiger partial charge on any atom is -0.497 e. The Morgan fingerprint density at radius 2 is 1.53 bits per heavy atom. The van der Waals surface area contributed by atoms with E-state index in [1.54, 1.807) is 32.0 Å². The Morgan fingerprint density at radius 1 is 0.912 bits per heavy atom. The highest BCUT2D eigenvalue weighted by Crippen LogP contribution is 2.23. The van der Waals surface area contributed by atoms with E-state index in [0.29, 0.717) is 11.5 Å². The number of rotatable bonds is 12. The van der Waals surface area contributed by atoms with Crippen molar-refractivity contribution in [2.45, 2.75) is 45.7 Å². The van der Waals surface area contributed by atoms with Crippen LogP contribution in [0.5, 0.6) is 11.5 Å². The zero-order valence-electron chi connectivity index (χ0n) is 20.4. The van der Waals surface area contributed by atoms with Crippen molar-refractivity contribution in [3.8, 4) is 11.5 Å². The van der Waals surface area contributed by atoms with Crippen LogP contribution in [-0.2, 0) is 14.3 Å². The van der Waals surface area contributed by atoms with Crippen molar-refractivity contribution in [3.05, 3.63) is 59.7 Å². The Morgan fingerprint density at radius 3 is 2.06 bits per heavy atom. The fraction of sp³-hybridized carbons (Fsp3) is 0.423. The average molecular weight is 471 g/mol. The van der Waals surface area contributed by atoms with E-state index in [2.05, 4.69) is 10.6 Å². The predicted octanol–water partition coefficient (Wildman–Crippen LogP) is 3.66. The molecule has 0 aliphatic heterocycles. The molecule has 2 atom stereocenters. The summed E-state index contributed by atoms with van der Waals surface area (Å²) in [6.45, 7) is 5.17. The van der Waals surface area contributed by atoms with Crippen LogP contribution in [-0.4, -0.2) is 44.7 Å². The Bertz CT molecular complexity index is 939. The Balaban J connectivity index is 2.00. The van der Waals surface area contributed by atoms with Gasteiger partial charge in [0.1, 0.15) is 17.5 Å². The summed E-state index contributed by atoms with van der Waals surface area (Å²) in [5.74, 6) is -0.925. The van der Waals surface area contributed by atoms with Crippen molar-refractivity contribution in [1.29, 1.82) is 0 Å². The zero-order chi connectivity index (χ0) is 25.1. The summed E-state index contributed by atoms with van der Waals surface area (Å²) in [7, 11) is 2.97. The van der Waals surface area contributed by atoms with Gasteiger partial charge in [0, 0.05) is 11.6 Å². The number of benzene rings is 2. The number of esters is 1. The molecule has 34 heavy (non-hydrogen) atoms. The third-order valence-electron chi connectivity index (χ3n) is 5.28. The lowest BCUT2D eigenvalue weighted by Crippen LogP contribution is -2.46. The minimum absolute atomic E-state index is 0.166. The van der Waals surface area contributed by atoms with E-state index in [-0.39, 0.29) is 17.5 Å². The number of hydrogen-bond donors (Lipinski definition) is 2. The molecule has 2 amide bonds. The summed E-state index contributed by atoms with van der Waals surface area (Å²) >= 11 is 0. The van der Waals surface area contributed by atoms with Crippen LogP contribution in [0.3, 0.4) is 0 Å². The highest BCUT2D eigenvalue weighted by atomic mass is 16.5. The fourth-order valence-corrected chi connectivity index (χ4v) is 3.42. The summed E-state index contributed by atoms with van der Waals surface area (Å²) in [4.78, 5) is 38.0. The fourth-order valence-electron chi connectivity index (χ4n) is 3.42. The lowest BCUT2D eigenvalue weighted by Gasteiger charge is -2.22. The standard InChI is InChI=1S/C26H34N2O6/c1-6-10-22(18-11-8-7-9-12-18)27-23(29)16-34-26(31)24(17(2)3)28-25(30)19-13-20(32-4)15-21(14-19)33-5/h7-9,11-15,17,22,24H,6,10,16H2,1-5H3,(H,27,29)(H,28,30). The molecule has 2 unspecified atom stereocenters. The van der Waals surface area contributed by atoms with Gasteiger partial charge in [0.15, 0.2) is 6.61 Å². The van der Waals surface area contributed by atoms with Gasteiger partial charge in [0.25, 0.3) is 11.8 Å². The number of carbonyl (C=O) groups excluding carboxylic acids is 3. The second kappa shape index (κ2) is 13.2. The van der Waals surface area contributed by atoms with Crippen LogP contribution >= 0.6 is 0 Å². The van der Waals surface area contributed by atoms with Gasteiger partial charge in [-0.3, -0.25) is 9.59 Å². The number of methoxy groups -OCH3 is 2. The van der Waals surface area contributed by atoms with Gasteiger partial charge in [0.05, 0.1) is 20.3 Å². The number of carbonyl (C=O) groups is 3. The third-order valence-corrected chi connectivity index (χ3v) is 5.28. The summed E-state index contributed by atoms with van der Waals surface area (Å²) in [5, 5.41) is 5.61. The van der Waals surface area contributed by atoms with E-state index >= 15 is 0 Å². The topological polar surface area (TPSA) is 103 Å². The molecule has 2 rings (SSSR count). The molecular formula is C26H34N2O6. The van der Waals surface area contributed by atoms with Crippen LogP contribution in [0.2, 0.25) is 0 Å². The molecule has 0 aromatic heterocycles. The van der Waals surface area contributed by atoms with Gasteiger partial charge in [-0.15, -0.1) is 0 Å². The summed E-state index contributed by atoms with van der Waals surface area (Å²) in [5.41, 5.74) is 1.27. The van der Waals surface area contributed by atoms with Gasteiger partial charge in [0.2, 0.25) is 0 Å². The first-order chi connectivity index (χ1) is 16.3. The molecule has 0 radical (unpaired) electrons. The molecule has 2 aromatic rings. The molecule has 2 aromatic carbocycles. The van der Waals surface area contributed by atoms with Gasteiger partial charge in [-0.2, -0.15) is 0 Å². The molecule has 8 nitrogen and oxygen atoms in total. The molecule has 2 N–H and O–H groups in total. The second-order valence-electron chi connectivity index (χ2n) is 8.22. The lowest BCUT2D eigenvalue weighted by molar-refractivity contribution is -0.151. The van der Waals surface area contributed by atoms with Crippen LogP contribution < -0.4 is 20.1 Å². The maximum atomic E-state index is 12.8. The molecule has 0 fully saturated rings. The zero-order valence-corrected chi connectivity index (χ0v) is 20.4. The maximum absolute atomic E-state index is 12.8. The maximum Gasteiger partial charge on any atom is 0.329 e. The van der Waals surface area contributed by atoms with E-state index in [0.717, 1.165) is 18.4 Å². The van der Waals surface area contributed by atoms with Crippen LogP contribution in [0.25, 0.3) is 0 Å². The first-order valence-electron chi connectivity index (χ1n) is 11.3. The van der Waals surface area contributed by atoms with Gasteiger partial charge < -0.3 is 24.8 Å². The highest BCUT2D eigenvalue weighted by Gasteiger charge is 2.27. The summed E-state index contributed by atoms with van der Waals surface area (Å²) < 4.78 is 15.6. The van der Waals surface area contributed by atoms with Crippen molar-refractivity contribution in [2.24, 2.45) is 5.92 Å². The van der Waals surface area contributed by atoms with E-state index < -0.39 is 30.4 Å². The van der Waals surface area contributed by atoms with Crippen molar-refractivity contribution in [1.82, 2.24) is 10.6 Å². The van der Waals surface area contributed by atoms with Crippen LogP contribution in [0.15, 0.2) is 48.5 Å². The molecule has 0 saturated carbocycles. The number of hydrogen-bond acceptors (Lipinski definition) is 6. The minimum atomic E-state index is -0.932. The molecule has 184 valence electrons. The third kappa shape index (κ3) is 7.79. The van der Waals surface area contributed by atoms with Gasteiger partial charge in [-0.25, -0.2) is 4.79 Å². The van der Waals surface area contributed by atoms with Crippen molar-refractivity contribution < 1.29 is 28.6 Å². The first kappa shape index (κ1) is 26.7.